The van der Waals surface area contributed by atoms with E-state index in [4.69, 9.17) is 0 Å². The van der Waals surface area contributed by atoms with Gasteiger partial charge in [-0.25, -0.2) is 4.98 Å². The molecule has 5 heteroatoms. The molecule has 0 N–H and O–H groups in total. The zero-order valence-electron chi connectivity index (χ0n) is 12.4. The summed E-state index contributed by atoms with van der Waals surface area (Å²) in [4.78, 5) is 22.5. The number of nitrogens with zero attached hydrogens (tertiary/aromatic N) is 4. The number of rotatable bonds is 4. The summed E-state index contributed by atoms with van der Waals surface area (Å²) in [6.45, 7) is 5.84. The summed E-state index contributed by atoms with van der Waals surface area (Å²) in [5, 5.41) is 0. The van der Waals surface area contributed by atoms with Crippen LogP contribution < -0.4 is 0 Å². The average Bonchev–Trinajstić information content (AvgIpc) is 2.87. The maximum absolute atomic E-state index is 12.2. The lowest BCUT2D eigenvalue weighted by atomic mass is 10.1. The lowest BCUT2D eigenvalue weighted by Crippen LogP contribution is -2.51. The predicted molar refractivity (Wildman–Crippen MR) is 79.9 cm³/mol. The molecule has 0 aromatic carbocycles. The number of imidazole rings is 1. The van der Waals surface area contributed by atoms with Gasteiger partial charge >= 0.3 is 0 Å². The highest BCUT2D eigenvalue weighted by atomic mass is 16.2. The first kappa shape index (κ1) is 13.8. The molecule has 1 aliphatic heterocycles. The van der Waals surface area contributed by atoms with Crippen molar-refractivity contribution in [2.75, 3.05) is 13.1 Å². The second kappa shape index (κ2) is 5.68. The molecule has 2 aromatic heterocycles. The van der Waals surface area contributed by atoms with Gasteiger partial charge in [0.1, 0.15) is 5.82 Å². The Kier molecular flexibility index (Phi) is 3.73. The molecule has 2 aromatic rings. The number of likely N-dealkylation sites (tertiary alicyclic amines) is 1. The SMILES string of the molecule is CC(C)c1nccn1C1CN(C(=O)Cc2ccncc2)C1. The molecule has 1 aliphatic rings. The number of hydrogen-bond acceptors (Lipinski definition) is 3. The van der Waals surface area contributed by atoms with Crippen LogP contribution in [-0.2, 0) is 11.2 Å². The van der Waals surface area contributed by atoms with Gasteiger partial charge in [0.05, 0.1) is 12.5 Å². The Balaban J connectivity index is 1.58. The summed E-state index contributed by atoms with van der Waals surface area (Å²) >= 11 is 0. The fourth-order valence-electron chi connectivity index (χ4n) is 2.70. The summed E-state index contributed by atoms with van der Waals surface area (Å²) in [6.07, 6.45) is 7.77. The fourth-order valence-corrected chi connectivity index (χ4v) is 2.70. The molecule has 0 unspecified atom stereocenters. The largest absolute Gasteiger partial charge is 0.338 e. The highest BCUT2D eigenvalue weighted by Gasteiger charge is 2.32. The Bertz CT molecular complexity index is 614. The van der Waals surface area contributed by atoms with Crippen LogP contribution in [0.4, 0.5) is 0 Å². The van der Waals surface area contributed by atoms with Gasteiger partial charge in [0.2, 0.25) is 5.91 Å². The van der Waals surface area contributed by atoms with E-state index in [1.54, 1.807) is 12.4 Å². The molecular weight excluding hydrogens is 264 g/mol. The summed E-state index contributed by atoms with van der Waals surface area (Å²) in [7, 11) is 0. The molecule has 3 rings (SSSR count). The van der Waals surface area contributed by atoms with Crippen molar-refractivity contribution < 1.29 is 4.79 Å². The van der Waals surface area contributed by atoms with E-state index in [9.17, 15) is 4.79 Å². The van der Waals surface area contributed by atoms with Crippen LogP contribution in [0, 0.1) is 0 Å². The average molecular weight is 284 g/mol. The second-order valence-electron chi connectivity index (χ2n) is 5.83. The van der Waals surface area contributed by atoms with Crippen molar-refractivity contribution in [2.24, 2.45) is 0 Å². The second-order valence-corrected chi connectivity index (χ2v) is 5.83. The number of carbonyl (C=O) groups excluding carboxylic acids is 1. The third kappa shape index (κ3) is 2.82. The molecule has 0 aliphatic carbocycles. The van der Waals surface area contributed by atoms with E-state index in [1.807, 2.05) is 29.4 Å². The molecule has 0 atom stereocenters. The van der Waals surface area contributed by atoms with Gasteiger partial charge < -0.3 is 9.47 Å². The van der Waals surface area contributed by atoms with Crippen LogP contribution in [0.1, 0.15) is 37.2 Å². The predicted octanol–water partition coefficient (Wildman–Crippen LogP) is 2.03. The van der Waals surface area contributed by atoms with E-state index in [0.29, 0.717) is 18.4 Å². The van der Waals surface area contributed by atoms with Gasteiger partial charge in [-0.3, -0.25) is 9.78 Å². The van der Waals surface area contributed by atoms with Crippen molar-refractivity contribution in [3.63, 3.8) is 0 Å². The van der Waals surface area contributed by atoms with Crippen LogP contribution in [0.25, 0.3) is 0 Å². The van der Waals surface area contributed by atoms with Gasteiger partial charge in [-0.15, -0.1) is 0 Å². The van der Waals surface area contributed by atoms with Crippen molar-refractivity contribution in [1.29, 1.82) is 0 Å². The van der Waals surface area contributed by atoms with Gasteiger partial charge in [0.15, 0.2) is 0 Å². The highest BCUT2D eigenvalue weighted by Crippen LogP contribution is 2.25. The van der Waals surface area contributed by atoms with E-state index >= 15 is 0 Å². The van der Waals surface area contributed by atoms with Crippen LogP contribution >= 0.6 is 0 Å². The monoisotopic (exact) mass is 284 g/mol. The lowest BCUT2D eigenvalue weighted by Gasteiger charge is -2.41. The molecule has 1 fully saturated rings. The third-order valence-corrected chi connectivity index (χ3v) is 3.93. The molecule has 21 heavy (non-hydrogen) atoms. The molecule has 3 heterocycles. The number of hydrogen-bond donors (Lipinski definition) is 0. The molecule has 110 valence electrons. The standard InChI is InChI=1S/C16H20N4O/c1-12(2)16-18-7-8-20(16)14-10-19(11-14)15(21)9-13-3-5-17-6-4-13/h3-8,12,14H,9-11H2,1-2H3. The Morgan fingerprint density at radius 2 is 2.00 bits per heavy atom. The first-order valence-corrected chi connectivity index (χ1v) is 7.34. The molecule has 0 spiro atoms. The first-order valence-electron chi connectivity index (χ1n) is 7.34. The van der Waals surface area contributed by atoms with Crippen LogP contribution in [-0.4, -0.2) is 38.4 Å². The van der Waals surface area contributed by atoms with Crippen LogP contribution in [0.15, 0.2) is 36.9 Å². The molecule has 0 radical (unpaired) electrons. The minimum atomic E-state index is 0.184. The van der Waals surface area contributed by atoms with E-state index in [-0.39, 0.29) is 5.91 Å². The first-order chi connectivity index (χ1) is 10.1. The Morgan fingerprint density at radius 1 is 1.29 bits per heavy atom. The van der Waals surface area contributed by atoms with Gasteiger partial charge in [0.25, 0.3) is 0 Å². The Morgan fingerprint density at radius 3 is 2.67 bits per heavy atom. The van der Waals surface area contributed by atoms with E-state index in [0.717, 1.165) is 24.5 Å². The van der Waals surface area contributed by atoms with Gasteiger partial charge in [-0.1, -0.05) is 13.8 Å². The van der Waals surface area contributed by atoms with Crippen molar-refractivity contribution >= 4 is 5.91 Å². The minimum Gasteiger partial charge on any atom is -0.338 e. The minimum absolute atomic E-state index is 0.184. The summed E-state index contributed by atoms with van der Waals surface area (Å²) < 4.78 is 2.21. The van der Waals surface area contributed by atoms with Crippen LogP contribution in [0.3, 0.4) is 0 Å². The van der Waals surface area contributed by atoms with Crippen molar-refractivity contribution in [2.45, 2.75) is 32.2 Å². The quantitative estimate of drug-likeness (QED) is 0.863. The summed E-state index contributed by atoms with van der Waals surface area (Å²) in [5.74, 6) is 1.69. The number of pyridine rings is 1. The van der Waals surface area contributed by atoms with Gasteiger partial charge in [-0.05, 0) is 17.7 Å². The van der Waals surface area contributed by atoms with Gasteiger partial charge in [-0.2, -0.15) is 0 Å². The van der Waals surface area contributed by atoms with Gasteiger partial charge in [0, 0.05) is 43.8 Å². The number of aromatic nitrogens is 3. The molecule has 5 nitrogen and oxygen atoms in total. The molecule has 1 saturated heterocycles. The third-order valence-electron chi connectivity index (χ3n) is 3.93. The fraction of sp³-hybridized carbons (Fsp3) is 0.438. The zero-order chi connectivity index (χ0) is 14.8. The summed E-state index contributed by atoms with van der Waals surface area (Å²) in [6, 6.07) is 4.15. The van der Waals surface area contributed by atoms with E-state index < -0.39 is 0 Å². The zero-order valence-corrected chi connectivity index (χ0v) is 12.4. The number of carbonyl (C=O) groups is 1. The lowest BCUT2D eigenvalue weighted by molar-refractivity contribution is -0.136. The molecule has 1 amide bonds. The molecule has 0 bridgehead atoms. The van der Waals surface area contributed by atoms with E-state index in [2.05, 4.69) is 28.4 Å². The normalized spacial score (nSPS) is 15.3. The maximum Gasteiger partial charge on any atom is 0.227 e. The van der Waals surface area contributed by atoms with E-state index in [1.165, 1.54) is 0 Å². The topological polar surface area (TPSA) is 51.0 Å². The van der Waals surface area contributed by atoms with Crippen LogP contribution in [0.5, 0.6) is 0 Å². The maximum atomic E-state index is 12.2. The van der Waals surface area contributed by atoms with Crippen molar-refractivity contribution in [1.82, 2.24) is 19.4 Å². The summed E-state index contributed by atoms with van der Waals surface area (Å²) in [5.41, 5.74) is 1.02. The van der Waals surface area contributed by atoms with Crippen molar-refractivity contribution in [3.05, 3.63) is 48.3 Å². The number of amides is 1. The Labute approximate surface area is 124 Å². The van der Waals surface area contributed by atoms with Crippen LogP contribution in [0.2, 0.25) is 0 Å². The highest BCUT2D eigenvalue weighted by molar-refractivity contribution is 5.79. The Hall–Kier alpha value is -2.17. The smallest absolute Gasteiger partial charge is 0.227 e. The van der Waals surface area contributed by atoms with Crippen molar-refractivity contribution in [3.8, 4) is 0 Å². The molecule has 0 saturated carbocycles. The molecular formula is C16H20N4O.